The summed E-state index contributed by atoms with van der Waals surface area (Å²) in [5.41, 5.74) is 28.2. The summed E-state index contributed by atoms with van der Waals surface area (Å²) in [6.45, 7) is 21.5. The lowest BCUT2D eigenvalue weighted by Crippen LogP contribution is -2.25. The molecule has 0 amide bonds. The van der Waals surface area contributed by atoms with Crippen LogP contribution in [0, 0.1) is 41.5 Å². The highest BCUT2D eigenvalue weighted by molar-refractivity contribution is 5.84. The van der Waals surface area contributed by atoms with Crippen LogP contribution in [-0.2, 0) is 5.41 Å². The van der Waals surface area contributed by atoms with Gasteiger partial charge < -0.3 is 14.7 Å². The minimum Gasteiger partial charge on any atom is -0.311 e. The molecular weight excluding hydrogens is 1140 g/mol. The number of hydrogen-bond acceptors (Lipinski definition) is 3. The van der Waals surface area contributed by atoms with Gasteiger partial charge in [0.2, 0.25) is 0 Å². The van der Waals surface area contributed by atoms with Crippen LogP contribution in [0.5, 0.6) is 0 Å². The van der Waals surface area contributed by atoms with Crippen LogP contribution in [0.3, 0.4) is 0 Å². The number of aryl methyl sites for hydroxylation is 6. The maximum absolute atomic E-state index is 3.88. The molecule has 3 nitrogen and oxygen atoms in total. The lowest BCUT2D eigenvalue weighted by molar-refractivity contribution is 0.397. The van der Waals surface area contributed by atoms with Gasteiger partial charge in [0, 0.05) is 56.6 Å². The van der Waals surface area contributed by atoms with Crippen molar-refractivity contribution < 1.29 is 0 Å². The van der Waals surface area contributed by atoms with Gasteiger partial charge in [-0.05, 0) is 203 Å². The molecule has 0 atom stereocenters. The van der Waals surface area contributed by atoms with Crippen LogP contribution in [0.15, 0.2) is 273 Å². The first kappa shape index (κ1) is 67.4. The Morgan fingerprint density at radius 2 is 0.564 bits per heavy atom. The van der Waals surface area contributed by atoms with E-state index in [2.05, 4.69) is 344 Å². The van der Waals surface area contributed by atoms with Crippen molar-refractivity contribution in [3.8, 4) is 22.3 Å². The van der Waals surface area contributed by atoms with E-state index in [0.717, 1.165) is 56.7 Å². The fourth-order valence-electron chi connectivity index (χ4n) is 13.5. The van der Waals surface area contributed by atoms with Crippen LogP contribution >= 0.6 is 0 Å². The molecular formula is C91H99N3. The highest BCUT2D eigenvalue weighted by atomic mass is 15.2. The van der Waals surface area contributed by atoms with E-state index in [1.807, 2.05) is 6.08 Å². The molecule has 1 aliphatic rings. The third-order valence-corrected chi connectivity index (χ3v) is 18.7. The minimum absolute atomic E-state index is 0.234. The van der Waals surface area contributed by atoms with Crippen molar-refractivity contribution in [2.45, 2.75) is 151 Å². The number of anilines is 9. The molecule has 478 valence electrons. The van der Waals surface area contributed by atoms with Crippen molar-refractivity contribution >= 4 is 57.3 Å². The van der Waals surface area contributed by atoms with Gasteiger partial charge in [0.15, 0.2) is 0 Å². The SMILES string of the molecule is C=Cc1cccc(N(c2ccc(C)cc2)c2ccc(C)cc2)c1.CCCCCCCCC1(CCCCCCCC)c2cc(C)ccc2-c2ccc(C)cc21.Cc1ccc(N(c2ccccc2)c2ccc(-c3ccc(N(c4ccccc4)c4ccc(C)cc4)cc3)cc2)cc1. The monoisotopic (exact) mass is 1230 g/mol. The Morgan fingerprint density at radius 3 is 0.904 bits per heavy atom. The van der Waals surface area contributed by atoms with Crippen molar-refractivity contribution in [3.05, 3.63) is 324 Å². The minimum atomic E-state index is 0.234. The van der Waals surface area contributed by atoms with Gasteiger partial charge in [-0.25, -0.2) is 0 Å². The summed E-state index contributed by atoms with van der Waals surface area (Å²) < 4.78 is 0. The van der Waals surface area contributed by atoms with E-state index in [9.17, 15) is 0 Å². The number of para-hydroxylation sites is 2. The number of rotatable bonds is 25. The first-order valence-corrected chi connectivity index (χ1v) is 34.9. The molecule has 12 rings (SSSR count). The third-order valence-electron chi connectivity index (χ3n) is 18.7. The molecule has 11 aromatic rings. The molecule has 0 saturated heterocycles. The van der Waals surface area contributed by atoms with Gasteiger partial charge in [-0.1, -0.05) is 295 Å². The van der Waals surface area contributed by atoms with Crippen molar-refractivity contribution in [2.24, 2.45) is 0 Å². The number of nitrogens with zero attached hydrogens (tertiary/aromatic N) is 3. The molecule has 0 radical (unpaired) electrons. The second-order valence-electron chi connectivity index (χ2n) is 26.1. The van der Waals surface area contributed by atoms with Crippen molar-refractivity contribution in [1.82, 2.24) is 0 Å². The van der Waals surface area contributed by atoms with Gasteiger partial charge in [0.05, 0.1) is 0 Å². The Kier molecular flexibility index (Phi) is 24.0. The Balaban J connectivity index is 0.000000160. The first-order chi connectivity index (χ1) is 45.9. The maximum atomic E-state index is 3.88. The Labute approximate surface area is 565 Å². The lowest BCUT2D eigenvalue weighted by atomic mass is 9.70. The molecule has 0 aliphatic heterocycles. The summed E-state index contributed by atoms with van der Waals surface area (Å²) in [4.78, 5) is 6.86. The average Bonchev–Trinajstić information content (AvgIpc) is 1.57. The number of unbranched alkanes of at least 4 members (excludes halogenated alkanes) is 10. The Morgan fingerprint density at radius 1 is 0.277 bits per heavy atom. The second kappa shape index (κ2) is 33.4. The molecule has 0 saturated carbocycles. The molecule has 0 bridgehead atoms. The van der Waals surface area contributed by atoms with Crippen molar-refractivity contribution in [2.75, 3.05) is 14.7 Å². The topological polar surface area (TPSA) is 9.72 Å². The van der Waals surface area contributed by atoms with E-state index in [0.29, 0.717) is 0 Å². The van der Waals surface area contributed by atoms with E-state index >= 15 is 0 Å². The molecule has 0 spiro atoms. The summed E-state index contributed by atoms with van der Waals surface area (Å²) in [7, 11) is 0. The highest BCUT2D eigenvalue weighted by Crippen LogP contribution is 2.55. The first-order valence-electron chi connectivity index (χ1n) is 34.9. The van der Waals surface area contributed by atoms with Crippen molar-refractivity contribution in [3.63, 3.8) is 0 Å². The van der Waals surface area contributed by atoms with Crippen LogP contribution in [0.25, 0.3) is 28.3 Å². The molecule has 1 aliphatic carbocycles. The molecule has 94 heavy (non-hydrogen) atoms. The standard InChI is InChI=1S/C38H32N2.C31H46.C22H21N/c1-29-13-21-35(22-14-29)39(33-9-5-3-6-10-33)37-25-17-31(18-26-37)32-19-27-38(28-20-32)40(34-11-7-4-8-12-34)36-23-15-30(2)16-24-36;1-5-7-9-11-13-15-21-31(22-16-14-12-10-8-6-2)29-23-25(3)17-19-27(29)28-20-18-26(4)24-30(28)31;1-4-19-6-5-7-22(16-19)23(20-12-8-17(2)9-13-20)21-14-10-18(3)11-15-21/h3-28H,1-2H3;17-20,23-24H,5-16,21-22H2,1-4H3;4-16H,1H2,2-3H3. The summed E-state index contributed by atoms with van der Waals surface area (Å²) in [5, 5.41) is 0. The largest absolute Gasteiger partial charge is 0.311 e. The van der Waals surface area contributed by atoms with Gasteiger partial charge in [0.1, 0.15) is 0 Å². The van der Waals surface area contributed by atoms with Crippen LogP contribution in [0.1, 0.15) is 154 Å². The van der Waals surface area contributed by atoms with Gasteiger partial charge in [-0.2, -0.15) is 0 Å². The lowest BCUT2D eigenvalue weighted by Gasteiger charge is -2.33. The summed E-state index contributed by atoms with van der Waals surface area (Å²) in [6.07, 6.45) is 21.1. The molecule has 0 aromatic heterocycles. The zero-order valence-corrected chi connectivity index (χ0v) is 57.4. The third kappa shape index (κ3) is 17.2. The smallest absolute Gasteiger partial charge is 0.0467 e. The number of fused-ring (bicyclic) bond motifs is 3. The molecule has 0 heterocycles. The van der Waals surface area contributed by atoms with Gasteiger partial charge in [0.25, 0.3) is 0 Å². The van der Waals surface area contributed by atoms with Crippen LogP contribution < -0.4 is 14.7 Å². The normalized spacial score (nSPS) is 11.7. The quantitative estimate of drug-likeness (QED) is 0.0528. The number of benzene rings is 11. The molecule has 3 heteroatoms. The predicted molar refractivity (Wildman–Crippen MR) is 410 cm³/mol. The summed E-state index contributed by atoms with van der Waals surface area (Å²) in [5.74, 6) is 0. The van der Waals surface area contributed by atoms with Gasteiger partial charge in [-0.15, -0.1) is 0 Å². The summed E-state index contributed by atoms with van der Waals surface area (Å²) in [6, 6.07) is 96.3. The Bertz CT molecular complexity index is 3850. The second-order valence-corrected chi connectivity index (χ2v) is 26.1. The van der Waals surface area contributed by atoms with E-state index in [1.165, 1.54) is 146 Å². The van der Waals surface area contributed by atoms with Crippen LogP contribution in [0.4, 0.5) is 51.2 Å². The molecule has 0 fully saturated rings. The maximum Gasteiger partial charge on any atom is 0.0467 e. The van der Waals surface area contributed by atoms with Gasteiger partial charge >= 0.3 is 0 Å². The van der Waals surface area contributed by atoms with E-state index < -0.39 is 0 Å². The molecule has 0 unspecified atom stereocenters. The van der Waals surface area contributed by atoms with E-state index in [4.69, 9.17) is 0 Å². The molecule has 11 aromatic carbocycles. The van der Waals surface area contributed by atoms with Crippen LogP contribution in [-0.4, -0.2) is 0 Å². The fraction of sp³-hybridized carbons (Fsp3) is 0.253. The van der Waals surface area contributed by atoms with Crippen molar-refractivity contribution in [1.29, 1.82) is 0 Å². The summed E-state index contributed by atoms with van der Waals surface area (Å²) >= 11 is 0. The Hall–Kier alpha value is -9.44. The zero-order chi connectivity index (χ0) is 65.7. The van der Waals surface area contributed by atoms with Gasteiger partial charge in [-0.3, -0.25) is 0 Å². The molecule has 0 N–H and O–H groups in total. The highest BCUT2D eigenvalue weighted by Gasteiger charge is 2.42. The average molecular weight is 1230 g/mol. The predicted octanol–water partition coefficient (Wildman–Crippen LogP) is 27.4. The fourth-order valence-corrected chi connectivity index (χ4v) is 13.5. The van der Waals surface area contributed by atoms with E-state index in [-0.39, 0.29) is 5.41 Å². The number of hydrogen-bond donors (Lipinski definition) is 0. The van der Waals surface area contributed by atoms with Crippen LogP contribution in [0.2, 0.25) is 0 Å². The van der Waals surface area contributed by atoms with E-state index in [1.54, 1.807) is 11.1 Å². The zero-order valence-electron chi connectivity index (χ0n) is 57.4.